The molecule has 0 bridgehead atoms. The predicted molar refractivity (Wildman–Crippen MR) is 74.4 cm³/mol. The molecule has 3 rings (SSSR count). The molecule has 0 aliphatic carbocycles. The minimum Gasteiger partial charge on any atom is -0.486 e. The molecule has 0 radical (unpaired) electrons. The third kappa shape index (κ3) is 3.06. The maximum Gasteiger partial charge on any atom is 0.161 e. The van der Waals surface area contributed by atoms with Gasteiger partial charge in [-0.15, -0.1) is 0 Å². The van der Waals surface area contributed by atoms with Gasteiger partial charge in [0.2, 0.25) is 0 Å². The van der Waals surface area contributed by atoms with E-state index in [-0.39, 0.29) is 12.1 Å². The van der Waals surface area contributed by atoms with Crippen LogP contribution in [-0.2, 0) is 9.47 Å². The Kier molecular flexibility index (Phi) is 4.40. The monoisotopic (exact) mass is 279 g/mol. The zero-order valence-corrected chi connectivity index (χ0v) is 11.8. The van der Waals surface area contributed by atoms with Crippen LogP contribution in [0.5, 0.6) is 11.5 Å². The maximum absolute atomic E-state index is 5.89. The normalized spacial score (nSPS) is 22.8. The number of rotatable bonds is 5. The number of nitrogens with one attached hydrogen (secondary N) is 1. The summed E-state index contributed by atoms with van der Waals surface area (Å²) in [5.74, 6) is 1.64. The van der Waals surface area contributed by atoms with Gasteiger partial charge in [0.15, 0.2) is 11.5 Å². The SMILES string of the molecule is CNC(COC1CCOC1)c1ccc2c(c1)OCCO2. The molecule has 20 heavy (non-hydrogen) atoms. The lowest BCUT2D eigenvalue weighted by Crippen LogP contribution is -2.25. The van der Waals surface area contributed by atoms with Gasteiger partial charge in [-0.3, -0.25) is 0 Å². The molecule has 0 saturated carbocycles. The Morgan fingerprint density at radius 2 is 2.10 bits per heavy atom. The first-order valence-corrected chi connectivity index (χ1v) is 7.13. The first kappa shape index (κ1) is 13.7. The Labute approximate surface area is 119 Å². The average Bonchev–Trinajstić information content (AvgIpc) is 3.01. The quantitative estimate of drug-likeness (QED) is 0.885. The van der Waals surface area contributed by atoms with E-state index in [0.29, 0.717) is 26.4 Å². The highest BCUT2D eigenvalue weighted by Gasteiger charge is 2.20. The molecule has 2 aliphatic heterocycles. The number of likely N-dealkylation sites (N-methyl/N-ethyl adjacent to an activating group) is 1. The van der Waals surface area contributed by atoms with Crippen LogP contribution in [0.1, 0.15) is 18.0 Å². The average molecular weight is 279 g/mol. The highest BCUT2D eigenvalue weighted by molar-refractivity contribution is 5.44. The van der Waals surface area contributed by atoms with Crippen LogP contribution in [0.4, 0.5) is 0 Å². The minimum absolute atomic E-state index is 0.145. The van der Waals surface area contributed by atoms with Crippen molar-refractivity contribution in [3.63, 3.8) is 0 Å². The van der Waals surface area contributed by atoms with Crippen molar-refractivity contribution in [2.75, 3.05) is 40.1 Å². The van der Waals surface area contributed by atoms with Gasteiger partial charge < -0.3 is 24.3 Å². The van der Waals surface area contributed by atoms with Gasteiger partial charge in [-0.25, -0.2) is 0 Å². The first-order valence-electron chi connectivity index (χ1n) is 7.13. The molecule has 110 valence electrons. The molecular weight excluding hydrogens is 258 g/mol. The molecule has 2 aliphatic rings. The van der Waals surface area contributed by atoms with Crippen LogP contribution in [0.2, 0.25) is 0 Å². The summed E-state index contributed by atoms with van der Waals surface area (Å²) in [4.78, 5) is 0. The topological polar surface area (TPSA) is 49.0 Å². The van der Waals surface area contributed by atoms with Gasteiger partial charge in [0.25, 0.3) is 0 Å². The van der Waals surface area contributed by atoms with Crippen LogP contribution in [0, 0.1) is 0 Å². The molecule has 0 spiro atoms. The molecule has 2 atom stereocenters. The summed E-state index contributed by atoms with van der Waals surface area (Å²) in [6.07, 6.45) is 1.21. The van der Waals surface area contributed by atoms with Gasteiger partial charge in [0, 0.05) is 6.61 Å². The van der Waals surface area contributed by atoms with Crippen LogP contribution in [0.15, 0.2) is 18.2 Å². The maximum atomic E-state index is 5.89. The zero-order chi connectivity index (χ0) is 13.8. The molecule has 0 amide bonds. The van der Waals surface area contributed by atoms with Crippen LogP contribution in [0.25, 0.3) is 0 Å². The fourth-order valence-corrected chi connectivity index (χ4v) is 2.50. The summed E-state index contributed by atoms with van der Waals surface area (Å²) in [6, 6.07) is 6.20. The lowest BCUT2D eigenvalue weighted by atomic mass is 10.1. The van der Waals surface area contributed by atoms with Crippen molar-refractivity contribution in [2.45, 2.75) is 18.6 Å². The summed E-state index contributed by atoms with van der Waals surface area (Å²) < 4.78 is 22.4. The smallest absolute Gasteiger partial charge is 0.161 e. The van der Waals surface area contributed by atoms with E-state index in [4.69, 9.17) is 18.9 Å². The summed E-state index contributed by atoms with van der Waals surface area (Å²) in [6.45, 7) is 3.36. The Hall–Kier alpha value is -1.30. The molecule has 1 saturated heterocycles. The van der Waals surface area contributed by atoms with Crippen molar-refractivity contribution in [3.8, 4) is 11.5 Å². The molecule has 1 aromatic carbocycles. The summed E-state index contributed by atoms with van der Waals surface area (Å²) in [5, 5.41) is 3.29. The van der Waals surface area contributed by atoms with Crippen LogP contribution in [-0.4, -0.2) is 46.2 Å². The highest BCUT2D eigenvalue weighted by Crippen LogP contribution is 2.32. The molecule has 5 nitrogen and oxygen atoms in total. The lowest BCUT2D eigenvalue weighted by Gasteiger charge is -2.23. The van der Waals surface area contributed by atoms with Crippen LogP contribution < -0.4 is 14.8 Å². The van der Waals surface area contributed by atoms with E-state index in [1.807, 2.05) is 19.2 Å². The first-order chi connectivity index (χ1) is 9.86. The third-order valence-corrected chi connectivity index (χ3v) is 3.70. The minimum atomic E-state index is 0.145. The van der Waals surface area contributed by atoms with E-state index >= 15 is 0 Å². The van der Waals surface area contributed by atoms with E-state index in [0.717, 1.165) is 30.1 Å². The standard InChI is InChI=1S/C15H21NO4/c1-16-13(10-20-12-4-5-17-9-12)11-2-3-14-15(8-11)19-7-6-18-14/h2-3,8,12-13,16H,4-7,9-10H2,1H3. The number of hydrogen-bond donors (Lipinski definition) is 1. The Balaban J connectivity index is 1.65. The van der Waals surface area contributed by atoms with E-state index in [9.17, 15) is 0 Å². The predicted octanol–water partition coefficient (Wildman–Crippen LogP) is 1.52. The van der Waals surface area contributed by atoms with Crippen LogP contribution >= 0.6 is 0 Å². The Bertz CT molecular complexity index is 445. The second kappa shape index (κ2) is 6.43. The lowest BCUT2D eigenvalue weighted by molar-refractivity contribution is 0.0307. The largest absolute Gasteiger partial charge is 0.486 e. The van der Waals surface area contributed by atoms with Crippen molar-refractivity contribution in [1.82, 2.24) is 5.32 Å². The van der Waals surface area contributed by atoms with Crippen molar-refractivity contribution in [1.29, 1.82) is 0 Å². The fourth-order valence-electron chi connectivity index (χ4n) is 2.50. The number of hydrogen-bond acceptors (Lipinski definition) is 5. The molecule has 2 unspecified atom stereocenters. The van der Waals surface area contributed by atoms with E-state index < -0.39 is 0 Å². The zero-order valence-electron chi connectivity index (χ0n) is 11.8. The molecule has 1 fully saturated rings. The number of benzene rings is 1. The van der Waals surface area contributed by atoms with E-state index in [1.54, 1.807) is 0 Å². The molecular formula is C15H21NO4. The highest BCUT2D eigenvalue weighted by atomic mass is 16.6. The second-order valence-corrected chi connectivity index (χ2v) is 5.06. The van der Waals surface area contributed by atoms with Gasteiger partial charge in [-0.05, 0) is 31.2 Å². The molecule has 2 heterocycles. The number of fused-ring (bicyclic) bond motifs is 1. The molecule has 0 aromatic heterocycles. The summed E-state index contributed by atoms with van der Waals surface area (Å²) in [5.41, 5.74) is 1.15. The van der Waals surface area contributed by atoms with Gasteiger partial charge in [-0.2, -0.15) is 0 Å². The van der Waals surface area contributed by atoms with Crippen molar-refractivity contribution in [3.05, 3.63) is 23.8 Å². The Morgan fingerprint density at radius 3 is 2.85 bits per heavy atom. The van der Waals surface area contributed by atoms with Gasteiger partial charge >= 0.3 is 0 Å². The van der Waals surface area contributed by atoms with Crippen LogP contribution in [0.3, 0.4) is 0 Å². The summed E-state index contributed by atoms with van der Waals surface area (Å²) >= 11 is 0. The molecule has 1 N–H and O–H groups in total. The van der Waals surface area contributed by atoms with Gasteiger partial charge in [0.1, 0.15) is 13.2 Å². The van der Waals surface area contributed by atoms with Crippen molar-refractivity contribution >= 4 is 0 Å². The summed E-state index contributed by atoms with van der Waals surface area (Å²) in [7, 11) is 1.94. The third-order valence-electron chi connectivity index (χ3n) is 3.70. The van der Waals surface area contributed by atoms with Gasteiger partial charge in [0.05, 0.1) is 25.4 Å². The van der Waals surface area contributed by atoms with E-state index in [2.05, 4.69) is 11.4 Å². The van der Waals surface area contributed by atoms with Crippen molar-refractivity contribution in [2.24, 2.45) is 0 Å². The second-order valence-electron chi connectivity index (χ2n) is 5.06. The number of ether oxygens (including phenoxy) is 4. The fraction of sp³-hybridized carbons (Fsp3) is 0.600. The van der Waals surface area contributed by atoms with Gasteiger partial charge in [-0.1, -0.05) is 6.07 Å². The van der Waals surface area contributed by atoms with Crippen molar-refractivity contribution < 1.29 is 18.9 Å². The Morgan fingerprint density at radius 1 is 1.25 bits per heavy atom. The molecule has 5 heteroatoms. The van der Waals surface area contributed by atoms with E-state index in [1.165, 1.54) is 0 Å². The molecule has 1 aromatic rings.